The van der Waals surface area contributed by atoms with Gasteiger partial charge in [-0.15, -0.1) is 0 Å². The summed E-state index contributed by atoms with van der Waals surface area (Å²) in [5, 5.41) is 44.2. The summed E-state index contributed by atoms with van der Waals surface area (Å²) in [5.74, 6) is 0.0233. The van der Waals surface area contributed by atoms with Crippen LogP contribution in [0.1, 0.15) is 40.7 Å². The lowest BCUT2D eigenvalue weighted by atomic mass is 9.96. The van der Waals surface area contributed by atoms with Crippen LogP contribution < -0.4 is 25.4 Å². The Bertz CT molecular complexity index is 2560. The third-order valence-electron chi connectivity index (χ3n) is 10.2. The summed E-state index contributed by atoms with van der Waals surface area (Å²) in [7, 11) is 1.64. The van der Waals surface area contributed by atoms with Gasteiger partial charge in [-0.05, 0) is 53.4 Å². The molecule has 5 N–H and O–H groups in total. The number of ether oxygens (including phenoxy) is 2. The average molecular weight is 835 g/mol. The van der Waals surface area contributed by atoms with Gasteiger partial charge in [0, 0.05) is 82.7 Å². The number of carbonyl (C=O) groups excluding carboxylic acids is 1. The molecule has 1 saturated heterocycles. The number of hydrogen-bond donors (Lipinski definition) is 5. The quantitative estimate of drug-likeness (QED) is 0.0678. The number of methoxy groups -OCH3 is 1. The molecule has 2 atom stereocenters. The third kappa shape index (κ3) is 9.49. The van der Waals surface area contributed by atoms with Crippen molar-refractivity contribution >= 4 is 46.0 Å². The number of hydrogen-bond acceptors (Lipinski definition) is 10. The summed E-state index contributed by atoms with van der Waals surface area (Å²) in [5.41, 5.74) is 7.59. The Morgan fingerprint density at radius 3 is 2.53 bits per heavy atom. The molecule has 0 spiro atoms. The van der Waals surface area contributed by atoms with Gasteiger partial charge in [-0.2, -0.15) is 10.4 Å². The predicted octanol–water partition coefficient (Wildman–Crippen LogP) is 6.48. The molecule has 2 aromatic heterocycles. The van der Waals surface area contributed by atoms with Gasteiger partial charge in [0.15, 0.2) is 0 Å². The van der Waals surface area contributed by atoms with Crippen molar-refractivity contribution in [2.45, 2.75) is 51.2 Å². The molecule has 7 rings (SSSR count). The van der Waals surface area contributed by atoms with E-state index in [9.17, 15) is 25.1 Å². The van der Waals surface area contributed by atoms with Crippen molar-refractivity contribution in [3.63, 3.8) is 0 Å². The molecule has 1 amide bonds. The van der Waals surface area contributed by atoms with E-state index in [1.54, 1.807) is 37.7 Å². The first kappa shape index (κ1) is 41.2. The lowest BCUT2D eigenvalue weighted by Gasteiger charge is -2.18. The van der Waals surface area contributed by atoms with E-state index in [1.165, 1.54) is 6.20 Å². The van der Waals surface area contributed by atoms with Crippen LogP contribution in [0.3, 0.4) is 0 Å². The number of carboxylic acid groups (broad SMARTS) is 1. The Labute approximate surface area is 350 Å². The van der Waals surface area contributed by atoms with Crippen molar-refractivity contribution in [1.82, 2.24) is 30.7 Å². The molecule has 0 aliphatic carbocycles. The maximum absolute atomic E-state index is 11.6. The van der Waals surface area contributed by atoms with Gasteiger partial charge < -0.3 is 30.3 Å². The normalized spacial score (nSPS) is 14.2. The van der Waals surface area contributed by atoms with Gasteiger partial charge in [-0.3, -0.25) is 24.6 Å². The second-order valence-electron chi connectivity index (χ2n) is 14.2. The molecule has 13 nitrogen and oxygen atoms in total. The first-order chi connectivity index (χ1) is 28.6. The van der Waals surface area contributed by atoms with Crippen LogP contribution in [0.25, 0.3) is 33.2 Å². The maximum atomic E-state index is 11.6. The molecule has 302 valence electrons. The van der Waals surface area contributed by atoms with Gasteiger partial charge in [-0.25, -0.2) is 0 Å². The molecule has 59 heavy (non-hydrogen) atoms. The van der Waals surface area contributed by atoms with Crippen LogP contribution in [0.15, 0.2) is 91.4 Å². The van der Waals surface area contributed by atoms with Crippen LogP contribution in [0, 0.1) is 11.3 Å². The number of aliphatic hydroxyl groups excluding tert-OH is 1. The zero-order valence-electron chi connectivity index (χ0n) is 32.0. The predicted molar refractivity (Wildman–Crippen MR) is 224 cm³/mol. The fraction of sp³-hybridized carbons (Fsp3) is 0.250. The van der Waals surface area contributed by atoms with Crippen molar-refractivity contribution in [2.24, 2.45) is 0 Å². The van der Waals surface area contributed by atoms with Crippen molar-refractivity contribution in [2.75, 3.05) is 20.3 Å². The maximum Gasteiger partial charge on any atom is 0.323 e. The molecule has 0 bridgehead atoms. The standard InChI is InChI=1S/C44H41Cl2N7O6/c1-58-41-13-26(17-49-21-31-9-11-42(55)52-31)8-10-33(41)35-6-2-5-34(43(35)46)32-4-3-7-39-36(32)22-51-53(39)23-30-15-40(59-25-28-12-27(16-47)18-48-19-28)29(14-37(30)45)20-50-38(24-54)44(56)57/h2-8,10,12-15,18-19,22,31,38,49-50,54H,9,11,17,20-21,23-25H2,1H3,(H,52,55)(H,56,57)/t31-,38-/m0/s1. The fourth-order valence-electron chi connectivity index (χ4n) is 7.15. The molecule has 15 heteroatoms. The van der Waals surface area contributed by atoms with Gasteiger partial charge in [0.1, 0.15) is 30.2 Å². The molecular weight excluding hydrogens is 793 g/mol. The Balaban J connectivity index is 1.15. The second kappa shape index (κ2) is 18.7. The lowest BCUT2D eigenvalue weighted by Crippen LogP contribution is -2.39. The van der Waals surface area contributed by atoms with Crippen LogP contribution in [0.4, 0.5) is 0 Å². The number of nitrogens with zero attached hydrogens (tertiary/aromatic N) is 4. The lowest BCUT2D eigenvalue weighted by molar-refractivity contribution is -0.140. The van der Waals surface area contributed by atoms with E-state index in [2.05, 4.69) is 27.0 Å². The molecular formula is C44H41Cl2N7O6. The number of nitrogens with one attached hydrogen (secondary N) is 3. The number of carboxylic acids is 1. The molecule has 4 aromatic carbocycles. The molecule has 0 radical (unpaired) electrons. The molecule has 1 aliphatic heterocycles. The minimum Gasteiger partial charge on any atom is -0.496 e. The highest BCUT2D eigenvalue weighted by molar-refractivity contribution is 6.36. The first-order valence-corrected chi connectivity index (χ1v) is 19.7. The minimum atomic E-state index is -1.19. The summed E-state index contributed by atoms with van der Waals surface area (Å²) in [6.07, 6.45) is 6.26. The van der Waals surface area contributed by atoms with Crippen molar-refractivity contribution < 1.29 is 29.3 Å². The highest BCUT2D eigenvalue weighted by Gasteiger charge is 2.22. The Morgan fingerprint density at radius 2 is 1.78 bits per heavy atom. The van der Waals surface area contributed by atoms with Gasteiger partial charge in [0.05, 0.1) is 42.6 Å². The van der Waals surface area contributed by atoms with E-state index in [0.29, 0.717) is 63.3 Å². The number of aliphatic carboxylic acids is 1. The highest BCUT2D eigenvalue weighted by Crippen LogP contribution is 2.42. The number of halogens is 2. The first-order valence-electron chi connectivity index (χ1n) is 18.9. The van der Waals surface area contributed by atoms with Crippen LogP contribution in [-0.4, -0.2) is 69.2 Å². The van der Waals surface area contributed by atoms with E-state index in [4.69, 9.17) is 37.8 Å². The minimum absolute atomic E-state index is 0.0484. The van der Waals surface area contributed by atoms with Crippen LogP contribution >= 0.6 is 23.2 Å². The summed E-state index contributed by atoms with van der Waals surface area (Å²) in [4.78, 5) is 27.3. The zero-order chi connectivity index (χ0) is 41.5. The number of nitriles is 1. The fourth-order valence-corrected chi connectivity index (χ4v) is 7.72. The molecule has 0 saturated carbocycles. The third-order valence-corrected chi connectivity index (χ3v) is 11.0. The summed E-state index contributed by atoms with van der Waals surface area (Å²) < 4.78 is 13.9. The van der Waals surface area contributed by atoms with E-state index in [0.717, 1.165) is 45.1 Å². The van der Waals surface area contributed by atoms with Gasteiger partial charge >= 0.3 is 5.97 Å². The molecule has 1 aliphatic rings. The summed E-state index contributed by atoms with van der Waals surface area (Å²) in [6.45, 7) is 1.13. The topological polar surface area (TPSA) is 184 Å². The summed E-state index contributed by atoms with van der Waals surface area (Å²) >= 11 is 14.1. The zero-order valence-corrected chi connectivity index (χ0v) is 33.6. The van der Waals surface area contributed by atoms with E-state index >= 15 is 0 Å². The van der Waals surface area contributed by atoms with Gasteiger partial charge in [-0.1, -0.05) is 65.7 Å². The van der Waals surface area contributed by atoms with E-state index in [1.807, 2.05) is 59.3 Å². The number of aliphatic hydroxyl groups is 1. The van der Waals surface area contributed by atoms with E-state index in [-0.39, 0.29) is 31.6 Å². The number of aromatic nitrogens is 3. The smallest absolute Gasteiger partial charge is 0.323 e. The number of benzene rings is 4. The monoisotopic (exact) mass is 833 g/mol. The number of amides is 1. The molecule has 3 heterocycles. The SMILES string of the molecule is COc1cc(CNC[C@@H]2CCC(=O)N2)ccc1-c1cccc(-c2cccc3c2cnn3Cc2cc(OCc3cncc(C#N)c3)c(CN[C@@H](CO)C(=O)O)cc2Cl)c1Cl. The number of carbonyl (C=O) groups is 2. The largest absolute Gasteiger partial charge is 0.496 e. The summed E-state index contributed by atoms with van der Waals surface area (Å²) in [6, 6.07) is 24.1. The van der Waals surface area contributed by atoms with Gasteiger partial charge in [0.2, 0.25) is 5.91 Å². The Kier molecular flexibility index (Phi) is 13.1. The molecule has 0 unspecified atom stereocenters. The van der Waals surface area contributed by atoms with Gasteiger partial charge in [0.25, 0.3) is 0 Å². The van der Waals surface area contributed by atoms with Crippen LogP contribution in [0.2, 0.25) is 10.0 Å². The number of rotatable bonds is 17. The highest BCUT2D eigenvalue weighted by atomic mass is 35.5. The Hall–Kier alpha value is -6.01. The number of fused-ring (bicyclic) bond motifs is 1. The van der Waals surface area contributed by atoms with Crippen LogP contribution in [-0.2, 0) is 35.8 Å². The second-order valence-corrected chi connectivity index (χ2v) is 14.9. The van der Waals surface area contributed by atoms with Crippen molar-refractivity contribution in [3.8, 4) is 39.8 Å². The average Bonchev–Trinajstić information content (AvgIpc) is 3.86. The van der Waals surface area contributed by atoms with E-state index < -0.39 is 18.6 Å². The van der Waals surface area contributed by atoms with Crippen LogP contribution in [0.5, 0.6) is 11.5 Å². The number of pyridine rings is 1. The molecule has 1 fully saturated rings. The van der Waals surface area contributed by atoms with Crippen molar-refractivity contribution in [3.05, 3.63) is 129 Å². The van der Waals surface area contributed by atoms with Crippen molar-refractivity contribution in [1.29, 1.82) is 5.26 Å². The molecule has 6 aromatic rings. The Morgan fingerprint density at radius 1 is 0.983 bits per heavy atom.